The average molecular weight is 466 g/mol. The first-order valence-corrected chi connectivity index (χ1v) is 11.5. The predicted molar refractivity (Wildman–Crippen MR) is 130 cm³/mol. The number of rotatable bonds is 10. The van der Waals surface area contributed by atoms with Gasteiger partial charge in [0.2, 0.25) is 0 Å². The SMILES string of the molecule is COc1cccc(CN(CCCO)C(=O)Nc2ccc(-c3cn[nH]c3)cc2OC2CCNC2)c1. The van der Waals surface area contributed by atoms with Crippen LogP contribution in [0.25, 0.3) is 11.1 Å². The Morgan fingerprint density at radius 2 is 2.18 bits per heavy atom. The maximum atomic E-state index is 13.3. The number of aromatic amines is 1. The van der Waals surface area contributed by atoms with E-state index in [9.17, 15) is 9.90 Å². The standard InChI is InChI=1S/C25H31N5O4/c1-33-21-5-2-4-18(12-21)17-30(10-3-11-31)25(32)29-23-7-6-19(20-14-27-28-15-20)13-24(23)34-22-8-9-26-16-22/h2,4-7,12-15,22,26,31H,3,8-11,16-17H2,1H3,(H,27,28)(H,29,32). The molecule has 9 heteroatoms. The van der Waals surface area contributed by atoms with Gasteiger partial charge in [0.05, 0.1) is 19.0 Å². The molecule has 0 spiro atoms. The second kappa shape index (κ2) is 11.5. The van der Waals surface area contributed by atoms with Crippen molar-refractivity contribution in [2.45, 2.75) is 25.5 Å². The molecule has 4 rings (SSSR count). The van der Waals surface area contributed by atoms with Crippen LogP contribution in [-0.2, 0) is 6.54 Å². The first-order chi connectivity index (χ1) is 16.7. The minimum absolute atomic E-state index is 0.00429. The van der Waals surface area contributed by atoms with Gasteiger partial charge in [0, 0.05) is 38.0 Å². The van der Waals surface area contributed by atoms with E-state index in [2.05, 4.69) is 20.8 Å². The number of carbonyl (C=O) groups excluding carboxylic acids is 1. The predicted octanol–water partition coefficient (Wildman–Crippen LogP) is 3.24. The van der Waals surface area contributed by atoms with Gasteiger partial charge in [0.1, 0.15) is 17.6 Å². The van der Waals surface area contributed by atoms with Crippen molar-refractivity contribution in [3.8, 4) is 22.6 Å². The van der Waals surface area contributed by atoms with Crippen LogP contribution in [0.5, 0.6) is 11.5 Å². The van der Waals surface area contributed by atoms with Crippen molar-refractivity contribution in [2.24, 2.45) is 0 Å². The summed E-state index contributed by atoms with van der Waals surface area (Å²) in [6, 6.07) is 13.1. The van der Waals surface area contributed by atoms with Crippen LogP contribution >= 0.6 is 0 Å². The Morgan fingerprint density at radius 1 is 1.26 bits per heavy atom. The summed E-state index contributed by atoms with van der Waals surface area (Å²) in [5.41, 5.74) is 3.43. The van der Waals surface area contributed by atoms with E-state index >= 15 is 0 Å². The molecule has 0 aliphatic carbocycles. The molecule has 2 heterocycles. The number of H-pyrrole nitrogens is 1. The quantitative estimate of drug-likeness (QED) is 0.366. The van der Waals surface area contributed by atoms with Gasteiger partial charge in [0.25, 0.3) is 0 Å². The van der Waals surface area contributed by atoms with Crippen LogP contribution in [0.2, 0.25) is 0 Å². The van der Waals surface area contributed by atoms with Gasteiger partial charge in [-0.1, -0.05) is 18.2 Å². The number of nitrogens with one attached hydrogen (secondary N) is 3. The number of amides is 2. The van der Waals surface area contributed by atoms with Crippen molar-refractivity contribution in [3.05, 3.63) is 60.4 Å². The Balaban J connectivity index is 1.55. The second-order valence-corrected chi connectivity index (χ2v) is 8.21. The van der Waals surface area contributed by atoms with Gasteiger partial charge in [0.15, 0.2) is 0 Å². The highest BCUT2D eigenvalue weighted by atomic mass is 16.5. The van der Waals surface area contributed by atoms with E-state index in [4.69, 9.17) is 9.47 Å². The Hall–Kier alpha value is -3.56. The van der Waals surface area contributed by atoms with Crippen molar-refractivity contribution in [1.29, 1.82) is 0 Å². The highest BCUT2D eigenvalue weighted by molar-refractivity contribution is 5.91. The van der Waals surface area contributed by atoms with E-state index in [1.165, 1.54) is 0 Å². The van der Waals surface area contributed by atoms with E-state index in [1.54, 1.807) is 18.2 Å². The number of aliphatic hydroxyl groups is 1. The zero-order valence-electron chi connectivity index (χ0n) is 19.3. The lowest BCUT2D eigenvalue weighted by molar-refractivity contribution is 0.198. The van der Waals surface area contributed by atoms with Crippen LogP contribution in [0.15, 0.2) is 54.9 Å². The first-order valence-electron chi connectivity index (χ1n) is 11.5. The monoisotopic (exact) mass is 465 g/mol. The number of aromatic nitrogens is 2. The zero-order chi connectivity index (χ0) is 23.8. The van der Waals surface area contributed by atoms with E-state index in [1.807, 2.05) is 48.7 Å². The molecular weight excluding hydrogens is 434 g/mol. The summed E-state index contributed by atoms with van der Waals surface area (Å²) in [6.07, 6.45) is 4.99. The van der Waals surface area contributed by atoms with Gasteiger partial charge >= 0.3 is 6.03 Å². The number of anilines is 1. The molecule has 0 radical (unpaired) electrons. The van der Waals surface area contributed by atoms with Crippen molar-refractivity contribution in [2.75, 3.05) is 38.7 Å². The third-order valence-corrected chi connectivity index (χ3v) is 5.74. The zero-order valence-corrected chi connectivity index (χ0v) is 19.3. The van der Waals surface area contributed by atoms with E-state index < -0.39 is 0 Å². The van der Waals surface area contributed by atoms with Crippen molar-refractivity contribution in [3.63, 3.8) is 0 Å². The summed E-state index contributed by atoms with van der Waals surface area (Å²) in [4.78, 5) is 15.0. The number of urea groups is 1. The molecule has 0 bridgehead atoms. The van der Waals surface area contributed by atoms with Gasteiger partial charge < -0.3 is 30.1 Å². The highest BCUT2D eigenvalue weighted by Crippen LogP contribution is 2.32. The lowest BCUT2D eigenvalue weighted by Gasteiger charge is -2.24. The fraction of sp³-hybridized carbons (Fsp3) is 0.360. The molecule has 1 fully saturated rings. The molecule has 0 saturated carbocycles. The Morgan fingerprint density at radius 3 is 2.91 bits per heavy atom. The Bertz CT molecular complexity index is 1070. The molecule has 1 aliphatic rings. The molecule has 34 heavy (non-hydrogen) atoms. The fourth-order valence-corrected chi connectivity index (χ4v) is 3.92. The molecule has 4 N–H and O–H groups in total. The van der Waals surface area contributed by atoms with Crippen LogP contribution in [-0.4, -0.2) is 65.7 Å². The third kappa shape index (κ3) is 6.06. The van der Waals surface area contributed by atoms with Gasteiger partial charge in [-0.25, -0.2) is 4.79 Å². The smallest absolute Gasteiger partial charge is 0.322 e. The van der Waals surface area contributed by atoms with E-state index in [0.717, 1.165) is 42.0 Å². The molecule has 1 unspecified atom stereocenters. The second-order valence-electron chi connectivity index (χ2n) is 8.21. The van der Waals surface area contributed by atoms with Crippen LogP contribution in [0.3, 0.4) is 0 Å². The average Bonchev–Trinajstić information content (AvgIpc) is 3.57. The largest absolute Gasteiger partial charge is 0.497 e. The fourth-order valence-electron chi connectivity index (χ4n) is 3.92. The van der Waals surface area contributed by atoms with Crippen LogP contribution in [0, 0.1) is 0 Å². The molecule has 2 amide bonds. The minimum Gasteiger partial charge on any atom is -0.497 e. The summed E-state index contributed by atoms with van der Waals surface area (Å²) < 4.78 is 11.6. The number of ether oxygens (including phenoxy) is 2. The van der Waals surface area contributed by atoms with Crippen molar-refractivity contribution >= 4 is 11.7 Å². The van der Waals surface area contributed by atoms with Gasteiger partial charge in [-0.05, 0) is 54.8 Å². The number of hydrogen-bond acceptors (Lipinski definition) is 6. The molecule has 1 saturated heterocycles. The molecule has 1 aliphatic heterocycles. The lowest BCUT2D eigenvalue weighted by Crippen LogP contribution is -2.36. The summed E-state index contributed by atoms with van der Waals surface area (Å²) >= 11 is 0. The number of aliphatic hydroxyl groups excluding tert-OH is 1. The Kier molecular flexibility index (Phi) is 8.00. The topological polar surface area (TPSA) is 112 Å². The van der Waals surface area contributed by atoms with Crippen molar-refractivity contribution in [1.82, 2.24) is 20.4 Å². The van der Waals surface area contributed by atoms with Crippen LogP contribution < -0.4 is 20.1 Å². The van der Waals surface area contributed by atoms with E-state index in [-0.39, 0.29) is 18.7 Å². The van der Waals surface area contributed by atoms with Gasteiger partial charge in [-0.2, -0.15) is 5.10 Å². The molecule has 1 atom stereocenters. The molecule has 9 nitrogen and oxygen atoms in total. The maximum absolute atomic E-state index is 13.3. The number of nitrogens with zero attached hydrogens (tertiary/aromatic N) is 2. The normalized spacial score (nSPS) is 15.2. The molecule has 3 aromatic rings. The first kappa shape index (κ1) is 23.6. The third-order valence-electron chi connectivity index (χ3n) is 5.74. The summed E-state index contributed by atoms with van der Waals surface area (Å²) in [7, 11) is 1.62. The molecular formula is C25H31N5O4. The summed E-state index contributed by atoms with van der Waals surface area (Å²) in [5.74, 6) is 1.35. The number of benzene rings is 2. The van der Waals surface area contributed by atoms with Crippen molar-refractivity contribution < 1.29 is 19.4 Å². The highest BCUT2D eigenvalue weighted by Gasteiger charge is 2.21. The number of carbonyl (C=O) groups is 1. The molecule has 2 aromatic carbocycles. The molecule has 180 valence electrons. The van der Waals surface area contributed by atoms with Crippen LogP contribution in [0.4, 0.5) is 10.5 Å². The lowest BCUT2D eigenvalue weighted by atomic mass is 10.1. The number of hydrogen-bond donors (Lipinski definition) is 4. The molecule has 1 aromatic heterocycles. The van der Waals surface area contributed by atoms with Gasteiger partial charge in [-0.15, -0.1) is 0 Å². The van der Waals surface area contributed by atoms with Crippen LogP contribution in [0.1, 0.15) is 18.4 Å². The Labute approximate surface area is 199 Å². The summed E-state index contributed by atoms with van der Waals surface area (Å²) in [6.45, 7) is 2.48. The number of methoxy groups -OCH3 is 1. The minimum atomic E-state index is -0.262. The summed E-state index contributed by atoms with van der Waals surface area (Å²) in [5, 5.41) is 22.5. The maximum Gasteiger partial charge on any atom is 0.322 e. The van der Waals surface area contributed by atoms with E-state index in [0.29, 0.717) is 30.9 Å². The van der Waals surface area contributed by atoms with Gasteiger partial charge in [-0.3, -0.25) is 5.10 Å².